The fourth-order valence-corrected chi connectivity index (χ4v) is 1.95. The van der Waals surface area contributed by atoms with E-state index in [1.807, 2.05) is 26.0 Å². The molecule has 0 bridgehead atoms. The molecule has 0 aliphatic carbocycles. The van der Waals surface area contributed by atoms with Crippen molar-refractivity contribution >= 4 is 11.6 Å². The third-order valence-electron chi connectivity index (χ3n) is 3.91. The lowest BCUT2D eigenvalue weighted by Crippen LogP contribution is -1.83. The fourth-order valence-electron chi connectivity index (χ4n) is 1.95. The van der Waals surface area contributed by atoms with E-state index in [1.165, 1.54) is 24.3 Å². The van der Waals surface area contributed by atoms with Gasteiger partial charge in [-0.1, -0.05) is 96.6 Å². The number of allylic oxidation sites excluding steroid dienone is 20. The minimum absolute atomic E-state index is 0.129. The van der Waals surface area contributed by atoms with Gasteiger partial charge in [0.05, 0.1) is 0 Å². The number of terminal acetylenes is 2. The summed E-state index contributed by atoms with van der Waals surface area (Å²) in [6.07, 6.45) is 37.0. The lowest BCUT2D eigenvalue weighted by molar-refractivity contribution is -0.111. The van der Waals surface area contributed by atoms with Gasteiger partial charge in [0, 0.05) is 0 Å². The smallest absolute Gasteiger partial charge is 0.178 e. The van der Waals surface area contributed by atoms with Gasteiger partial charge in [-0.2, -0.15) is 0 Å². The number of carbonyl (C=O) groups is 2. The van der Waals surface area contributed by atoms with E-state index in [0.29, 0.717) is 0 Å². The first-order chi connectivity index (χ1) is 17.3. The molecular weight excluding hydrogens is 440 g/mol. The van der Waals surface area contributed by atoms with Crippen LogP contribution in [0.2, 0.25) is 0 Å². The second-order valence-corrected chi connectivity index (χ2v) is 7.20. The van der Waals surface area contributed by atoms with Crippen LogP contribution in [0.15, 0.2) is 120 Å². The summed E-state index contributed by atoms with van der Waals surface area (Å²) in [5, 5.41) is 0. The molecule has 0 radical (unpaired) electrons. The van der Waals surface area contributed by atoms with Crippen molar-refractivity contribution in [3.8, 4) is 48.4 Å². The number of hydrogen-bond acceptors (Lipinski definition) is 2. The van der Waals surface area contributed by atoms with Crippen molar-refractivity contribution in [1.29, 1.82) is 0 Å². The summed E-state index contributed by atoms with van der Waals surface area (Å²) in [6.45, 7) is 7.33. The third-order valence-corrected chi connectivity index (χ3v) is 3.91. The summed E-state index contributed by atoms with van der Waals surface area (Å²) in [5.74, 6) is 16.2. The second kappa shape index (κ2) is 20.6. The Kier molecular flexibility index (Phi) is 17.7. The number of rotatable bonds is 10. The molecule has 0 N–H and O–H groups in total. The Bertz CT molecular complexity index is 1200. The fraction of sp³-hybridized carbons (Fsp3) is 0.118. The van der Waals surface area contributed by atoms with Gasteiger partial charge in [-0.3, -0.25) is 9.59 Å². The molecule has 0 aromatic heterocycles. The lowest BCUT2D eigenvalue weighted by Gasteiger charge is -1.84. The van der Waals surface area contributed by atoms with Crippen LogP contribution in [0.5, 0.6) is 0 Å². The highest BCUT2D eigenvalue weighted by Crippen LogP contribution is 1.94. The van der Waals surface area contributed by atoms with E-state index in [2.05, 4.69) is 35.5 Å². The summed E-state index contributed by atoms with van der Waals surface area (Å²) in [6, 6.07) is 0. The van der Waals surface area contributed by atoms with E-state index in [4.69, 9.17) is 12.8 Å². The molecule has 0 aliphatic rings. The Balaban J connectivity index is 4.67. The van der Waals surface area contributed by atoms with Crippen molar-refractivity contribution in [2.45, 2.75) is 27.7 Å². The molecule has 0 unspecified atom stereocenters. The molecular formula is C34H30O2. The maximum Gasteiger partial charge on any atom is 0.178 e. The van der Waals surface area contributed by atoms with Gasteiger partial charge < -0.3 is 0 Å². The molecule has 0 saturated heterocycles. The van der Waals surface area contributed by atoms with Crippen LogP contribution < -0.4 is 0 Å². The van der Waals surface area contributed by atoms with Gasteiger partial charge in [0.1, 0.15) is 0 Å². The van der Waals surface area contributed by atoms with Crippen LogP contribution >= 0.6 is 0 Å². The van der Waals surface area contributed by atoms with Crippen LogP contribution in [0.1, 0.15) is 27.7 Å². The zero-order valence-corrected chi connectivity index (χ0v) is 21.2. The summed E-state index contributed by atoms with van der Waals surface area (Å²) in [7, 11) is 0. The van der Waals surface area contributed by atoms with Crippen molar-refractivity contribution in [1.82, 2.24) is 0 Å². The summed E-state index contributed by atoms with van der Waals surface area (Å²) >= 11 is 0. The highest BCUT2D eigenvalue weighted by molar-refractivity contribution is 5.99. The van der Waals surface area contributed by atoms with Crippen molar-refractivity contribution in [2.24, 2.45) is 0 Å². The number of carbonyl (C=O) groups excluding carboxylic acids is 2. The molecule has 178 valence electrons. The molecule has 0 aliphatic heterocycles. The van der Waals surface area contributed by atoms with Crippen LogP contribution in [0.25, 0.3) is 0 Å². The molecule has 0 fully saturated rings. The number of hydrogen-bond donors (Lipinski definition) is 0. The molecule has 2 nitrogen and oxygen atoms in total. The van der Waals surface area contributed by atoms with Crippen LogP contribution in [0.4, 0.5) is 0 Å². The predicted octanol–water partition coefficient (Wildman–Crippen LogP) is 6.52. The topological polar surface area (TPSA) is 34.1 Å². The van der Waals surface area contributed by atoms with Crippen molar-refractivity contribution in [2.75, 3.05) is 0 Å². The van der Waals surface area contributed by atoms with E-state index in [0.717, 1.165) is 22.3 Å². The van der Waals surface area contributed by atoms with Gasteiger partial charge in [0.25, 0.3) is 0 Å². The molecule has 0 heterocycles. The summed E-state index contributed by atoms with van der Waals surface area (Å²) < 4.78 is 0. The largest absolute Gasteiger partial charge is 0.290 e. The standard InChI is InChI=1S/C34H30O2/c1-7-29(3)23-17-27-33(35)25-13-9-11-19-31(5)21-15-16-22-32(6)20-12-10-14-26-34(36)28-18-24-30(4)8-2/h1-2,9-14,17-20,23-28H,3-6H3/b11-9+,12-10+,25-13+,26-14+,27-17+,28-18+,29-23-,30-24-,31-19-,32-20-. The minimum Gasteiger partial charge on any atom is -0.290 e. The average Bonchev–Trinajstić information content (AvgIpc) is 2.85. The first-order valence-corrected chi connectivity index (χ1v) is 11.0. The van der Waals surface area contributed by atoms with E-state index in [9.17, 15) is 9.59 Å². The highest BCUT2D eigenvalue weighted by Gasteiger charge is 1.86. The minimum atomic E-state index is -0.129. The molecule has 0 aromatic carbocycles. The average molecular weight is 471 g/mol. The molecule has 0 amide bonds. The highest BCUT2D eigenvalue weighted by atomic mass is 16.1. The maximum absolute atomic E-state index is 11.7. The van der Waals surface area contributed by atoms with Crippen LogP contribution in [0, 0.1) is 48.4 Å². The van der Waals surface area contributed by atoms with Crippen LogP contribution in [0.3, 0.4) is 0 Å². The zero-order chi connectivity index (χ0) is 27.0. The van der Waals surface area contributed by atoms with Gasteiger partial charge in [-0.15, -0.1) is 12.8 Å². The normalized spacial score (nSPS) is 13.3. The Morgan fingerprint density at radius 2 is 0.806 bits per heavy atom. The van der Waals surface area contributed by atoms with Crippen molar-refractivity contribution < 1.29 is 9.59 Å². The first kappa shape index (κ1) is 31.0. The Hall–Kier alpha value is -5.02. The van der Waals surface area contributed by atoms with Crippen LogP contribution in [-0.2, 0) is 9.59 Å². The summed E-state index contributed by atoms with van der Waals surface area (Å²) in [4.78, 5) is 23.3. The van der Waals surface area contributed by atoms with E-state index in [-0.39, 0.29) is 11.6 Å². The van der Waals surface area contributed by atoms with Gasteiger partial charge in [-0.25, -0.2) is 0 Å². The Morgan fingerprint density at radius 1 is 0.472 bits per heavy atom. The van der Waals surface area contributed by atoms with E-state index in [1.54, 1.807) is 74.6 Å². The molecule has 0 spiro atoms. The van der Waals surface area contributed by atoms with Crippen molar-refractivity contribution in [3.63, 3.8) is 0 Å². The molecule has 2 heteroatoms. The Labute approximate surface area is 216 Å². The SMILES string of the molecule is C#C/C(C)=C\C=C\C(=O)/C=C/C=C/C=C(/C)C#CC#C\C(C)=C/C=C/C=C/C(=O)/C=C/C=C(/C)C#C. The molecule has 0 rings (SSSR count). The molecule has 0 aromatic rings. The van der Waals surface area contributed by atoms with Crippen molar-refractivity contribution in [3.05, 3.63) is 120 Å². The van der Waals surface area contributed by atoms with Crippen LogP contribution in [-0.4, -0.2) is 11.6 Å². The Morgan fingerprint density at radius 3 is 1.17 bits per heavy atom. The quantitative estimate of drug-likeness (QED) is 0.207. The van der Waals surface area contributed by atoms with Gasteiger partial charge in [0.15, 0.2) is 11.6 Å². The first-order valence-electron chi connectivity index (χ1n) is 11.0. The van der Waals surface area contributed by atoms with Gasteiger partial charge >= 0.3 is 0 Å². The number of ketones is 2. The monoisotopic (exact) mass is 470 g/mol. The third kappa shape index (κ3) is 19.6. The molecule has 0 atom stereocenters. The predicted molar refractivity (Wildman–Crippen MR) is 153 cm³/mol. The maximum atomic E-state index is 11.7. The van der Waals surface area contributed by atoms with E-state index < -0.39 is 0 Å². The zero-order valence-electron chi connectivity index (χ0n) is 21.2. The van der Waals surface area contributed by atoms with Gasteiger partial charge in [0.2, 0.25) is 0 Å². The molecule has 36 heavy (non-hydrogen) atoms. The van der Waals surface area contributed by atoms with Gasteiger partial charge in [-0.05, 0) is 86.1 Å². The van der Waals surface area contributed by atoms with E-state index >= 15 is 0 Å². The summed E-state index contributed by atoms with van der Waals surface area (Å²) in [5.41, 5.74) is 3.19. The molecule has 0 saturated carbocycles. The lowest BCUT2D eigenvalue weighted by atomic mass is 10.2. The second-order valence-electron chi connectivity index (χ2n) is 7.20.